The summed E-state index contributed by atoms with van der Waals surface area (Å²) in [5, 5.41) is 0. The Morgan fingerprint density at radius 2 is 2.00 bits per heavy atom. The van der Waals surface area contributed by atoms with Gasteiger partial charge in [0.25, 0.3) is 5.91 Å². The zero-order valence-electron chi connectivity index (χ0n) is 13.4. The van der Waals surface area contributed by atoms with E-state index in [-0.39, 0.29) is 5.91 Å². The molecular weight excluding hydrogens is 290 g/mol. The van der Waals surface area contributed by atoms with Crippen LogP contribution in [0, 0.1) is 0 Å². The van der Waals surface area contributed by atoms with Gasteiger partial charge in [0.2, 0.25) is 0 Å². The molecule has 1 aliphatic rings. The van der Waals surface area contributed by atoms with Crippen LogP contribution in [0.3, 0.4) is 0 Å². The van der Waals surface area contributed by atoms with Crippen LogP contribution < -0.4 is 4.90 Å². The van der Waals surface area contributed by atoms with Crippen LogP contribution in [0.2, 0.25) is 0 Å². The van der Waals surface area contributed by atoms with E-state index in [0.717, 1.165) is 37.3 Å². The number of rotatable bonds is 4. The van der Waals surface area contributed by atoms with Gasteiger partial charge in [0.15, 0.2) is 0 Å². The van der Waals surface area contributed by atoms with Gasteiger partial charge in [-0.1, -0.05) is 0 Å². The Morgan fingerprint density at radius 3 is 2.74 bits per heavy atom. The van der Waals surface area contributed by atoms with Crippen molar-refractivity contribution in [3.63, 3.8) is 0 Å². The number of likely N-dealkylation sites (tertiary alicyclic amines) is 1. The Kier molecular flexibility index (Phi) is 4.80. The largest absolute Gasteiger partial charge is 0.369 e. The van der Waals surface area contributed by atoms with E-state index < -0.39 is 0 Å². The molecule has 0 atom stereocenters. The Hall–Kier alpha value is -2.50. The van der Waals surface area contributed by atoms with Crippen LogP contribution in [-0.4, -0.2) is 45.9 Å². The third-order valence-electron chi connectivity index (χ3n) is 4.06. The van der Waals surface area contributed by atoms with Crippen molar-refractivity contribution in [3.05, 3.63) is 48.3 Å². The summed E-state index contributed by atoms with van der Waals surface area (Å²) in [7, 11) is 1.97. The van der Waals surface area contributed by atoms with E-state index in [1.807, 2.05) is 29.0 Å². The number of anilines is 1. The van der Waals surface area contributed by atoms with E-state index in [1.54, 1.807) is 24.8 Å². The Bertz CT molecular complexity index is 655. The van der Waals surface area contributed by atoms with Crippen molar-refractivity contribution >= 4 is 11.6 Å². The molecule has 23 heavy (non-hydrogen) atoms. The first-order valence-corrected chi connectivity index (χ1v) is 7.95. The lowest BCUT2D eigenvalue weighted by molar-refractivity contribution is 0.0718. The second-order valence-corrected chi connectivity index (χ2v) is 5.80. The van der Waals surface area contributed by atoms with Crippen molar-refractivity contribution in [3.8, 4) is 0 Å². The van der Waals surface area contributed by atoms with Gasteiger partial charge in [-0.3, -0.25) is 19.7 Å². The summed E-state index contributed by atoms with van der Waals surface area (Å²) in [6.45, 7) is 2.30. The van der Waals surface area contributed by atoms with Crippen molar-refractivity contribution in [2.45, 2.75) is 25.8 Å². The van der Waals surface area contributed by atoms with Gasteiger partial charge in [-0.15, -0.1) is 0 Å². The predicted molar refractivity (Wildman–Crippen MR) is 88.1 cm³/mol. The Balaban J connectivity index is 1.72. The second kappa shape index (κ2) is 7.17. The van der Waals surface area contributed by atoms with Crippen LogP contribution in [0.1, 0.15) is 35.4 Å². The number of pyridine rings is 1. The van der Waals surface area contributed by atoms with Gasteiger partial charge in [0, 0.05) is 44.4 Å². The first-order chi connectivity index (χ1) is 11.2. The average Bonchev–Trinajstić information content (AvgIpc) is 2.63. The van der Waals surface area contributed by atoms with Crippen LogP contribution >= 0.6 is 0 Å². The summed E-state index contributed by atoms with van der Waals surface area (Å²) in [5.74, 6) is 0.0273. The number of nitrogens with zero attached hydrogens (tertiary/aromatic N) is 5. The van der Waals surface area contributed by atoms with E-state index in [1.165, 1.54) is 6.42 Å². The number of aromatic nitrogens is 3. The van der Waals surface area contributed by atoms with Gasteiger partial charge >= 0.3 is 0 Å². The van der Waals surface area contributed by atoms with Crippen LogP contribution in [0.25, 0.3) is 0 Å². The summed E-state index contributed by atoms with van der Waals surface area (Å²) < 4.78 is 0. The maximum Gasteiger partial charge on any atom is 0.272 e. The van der Waals surface area contributed by atoms with E-state index >= 15 is 0 Å². The molecule has 1 saturated heterocycles. The maximum atomic E-state index is 12.6. The molecule has 1 fully saturated rings. The SMILES string of the molecule is CN(Cc1cnccn1)c1ccnc(C(=O)N2CCCCC2)c1. The van der Waals surface area contributed by atoms with Crippen molar-refractivity contribution in [2.24, 2.45) is 0 Å². The molecule has 120 valence electrons. The van der Waals surface area contributed by atoms with Gasteiger partial charge in [-0.05, 0) is 31.4 Å². The minimum Gasteiger partial charge on any atom is -0.369 e. The van der Waals surface area contributed by atoms with Gasteiger partial charge < -0.3 is 9.80 Å². The highest BCUT2D eigenvalue weighted by Gasteiger charge is 2.19. The minimum atomic E-state index is 0.0273. The van der Waals surface area contributed by atoms with Crippen molar-refractivity contribution in [1.82, 2.24) is 19.9 Å². The van der Waals surface area contributed by atoms with Gasteiger partial charge in [0.05, 0.1) is 18.4 Å². The normalized spacial score (nSPS) is 14.6. The standard InChI is InChI=1S/C17H21N5O/c1-21(13-14-12-18-7-8-19-14)15-5-6-20-16(11-15)17(23)22-9-3-2-4-10-22/h5-8,11-12H,2-4,9-10,13H2,1H3. The monoisotopic (exact) mass is 311 g/mol. The minimum absolute atomic E-state index is 0.0273. The lowest BCUT2D eigenvalue weighted by atomic mass is 10.1. The number of carbonyl (C=O) groups excluding carboxylic acids is 1. The molecule has 0 aromatic carbocycles. The molecule has 0 saturated carbocycles. The topological polar surface area (TPSA) is 62.2 Å². The molecule has 1 aliphatic heterocycles. The number of piperidine rings is 1. The van der Waals surface area contributed by atoms with E-state index in [2.05, 4.69) is 15.0 Å². The molecule has 2 aromatic heterocycles. The van der Waals surface area contributed by atoms with E-state index in [0.29, 0.717) is 12.2 Å². The zero-order chi connectivity index (χ0) is 16.1. The Labute approximate surface area is 136 Å². The third kappa shape index (κ3) is 3.83. The van der Waals surface area contributed by atoms with Gasteiger partial charge in [-0.2, -0.15) is 0 Å². The lowest BCUT2D eigenvalue weighted by Crippen LogP contribution is -2.36. The van der Waals surface area contributed by atoms with Gasteiger partial charge in [0.1, 0.15) is 5.69 Å². The van der Waals surface area contributed by atoms with Crippen molar-refractivity contribution in [2.75, 3.05) is 25.0 Å². The zero-order valence-corrected chi connectivity index (χ0v) is 13.4. The van der Waals surface area contributed by atoms with Crippen LogP contribution in [-0.2, 0) is 6.54 Å². The number of amides is 1. The quantitative estimate of drug-likeness (QED) is 0.865. The molecule has 2 aromatic rings. The molecule has 6 nitrogen and oxygen atoms in total. The molecule has 1 amide bonds. The molecule has 0 bridgehead atoms. The summed E-state index contributed by atoms with van der Waals surface area (Å²) >= 11 is 0. The summed E-state index contributed by atoms with van der Waals surface area (Å²) in [4.78, 5) is 29.1. The number of carbonyl (C=O) groups is 1. The highest BCUT2D eigenvalue weighted by Crippen LogP contribution is 2.18. The fraction of sp³-hybridized carbons (Fsp3) is 0.412. The highest BCUT2D eigenvalue weighted by molar-refractivity contribution is 5.93. The van der Waals surface area contributed by atoms with Crippen molar-refractivity contribution < 1.29 is 4.79 Å². The Morgan fingerprint density at radius 1 is 1.17 bits per heavy atom. The molecule has 3 heterocycles. The fourth-order valence-corrected chi connectivity index (χ4v) is 2.78. The van der Waals surface area contributed by atoms with Crippen LogP contribution in [0.5, 0.6) is 0 Å². The molecule has 3 rings (SSSR count). The third-order valence-corrected chi connectivity index (χ3v) is 4.06. The van der Waals surface area contributed by atoms with E-state index in [4.69, 9.17) is 0 Å². The first-order valence-electron chi connectivity index (χ1n) is 7.95. The first kappa shape index (κ1) is 15.4. The van der Waals surface area contributed by atoms with Gasteiger partial charge in [-0.25, -0.2) is 0 Å². The molecule has 6 heteroatoms. The maximum absolute atomic E-state index is 12.6. The molecular formula is C17H21N5O. The number of hydrogen-bond donors (Lipinski definition) is 0. The molecule has 0 spiro atoms. The fourth-order valence-electron chi connectivity index (χ4n) is 2.78. The molecule has 0 aliphatic carbocycles. The predicted octanol–water partition coefficient (Wildman–Crippen LogP) is 2.13. The summed E-state index contributed by atoms with van der Waals surface area (Å²) in [6.07, 6.45) is 10.2. The highest BCUT2D eigenvalue weighted by atomic mass is 16.2. The van der Waals surface area contributed by atoms with E-state index in [9.17, 15) is 4.79 Å². The van der Waals surface area contributed by atoms with Crippen LogP contribution in [0.4, 0.5) is 5.69 Å². The van der Waals surface area contributed by atoms with Crippen molar-refractivity contribution in [1.29, 1.82) is 0 Å². The average molecular weight is 311 g/mol. The van der Waals surface area contributed by atoms with Crippen LogP contribution in [0.15, 0.2) is 36.9 Å². The lowest BCUT2D eigenvalue weighted by Gasteiger charge is -2.26. The summed E-state index contributed by atoms with van der Waals surface area (Å²) in [5.41, 5.74) is 2.34. The molecule has 0 unspecified atom stereocenters. The molecule has 0 radical (unpaired) electrons. The molecule has 0 N–H and O–H groups in total. The second-order valence-electron chi connectivity index (χ2n) is 5.80. The smallest absolute Gasteiger partial charge is 0.272 e. The summed E-state index contributed by atoms with van der Waals surface area (Å²) in [6, 6.07) is 3.76. The number of hydrogen-bond acceptors (Lipinski definition) is 5.